The maximum absolute atomic E-state index is 13.7. The van der Waals surface area contributed by atoms with Crippen LogP contribution in [0.3, 0.4) is 0 Å². The molecule has 2 aliphatic heterocycles. The van der Waals surface area contributed by atoms with Gasteiger partial charge in [-0.15, -0.1) is 4.91 Å². The summed E-state index contributed by atoms with van der Waals surface area (Å²) in [5.74, 6) is 0. The first-order valence-electron chi connectivity index (χ1n) is 14.4. The Hall–Kier alpha value is -2.72. The average Bonchev–Trinajstić information content (AvgIpc) is 3.41. The molecule has 2 aliphatic rings. The Bertz CT molecular complexity index is 1580. The molecule has 3 aromatic carbocycles. The van der Waals surface area contributed by atoms with Gasteiger partial charge >= 0.3 is 0 Å². The summed E-state index contributed by atoms with van der Waals surface area (Å²) in [4.78, 5) is 16.7. The number of hydrogen-bond acceptors (Lipinski definition) is 10. The van der Waals surface area contributed by atoms with Crippen LogP contribution in [0.4, 0.5) is 11.4 Å². The van der Waals surface area contributed by atoms with Gasteiger partial charge in [-0.25, -0.2) is 16.8 Å². The molecule has 2 N–H and O–H groups in total. The molecule has 228 valence electrons. The van der Waals surface area contributed by atoms with Crippen LogP contribution in [-0.4, -0.2) is 106 Å². The molecule has 0 spiro atoms. The van der Waals surface area contributed by atoms with Crippen molar-refractivity contribution >= 4 is 53.0 Å². The Balaban J connectivity index is 1.61. The predicted octanol–water partition coefficient (Wildman–Crippen LogP) is 3.62. The van der Waals surface area contributed by atoms with Crippen molar-refractivity contribution in [2.24, 2.45) is 5.18 Å². The Morgan fingerprint density at radius 1 is 0.690 bits per heavy atom. The highest BCUT2D eigenvalue weighted by molar-refractivity contribution is 7.89. The second kappa shape index (κ2) is 12.5. The van der Waals surface area contributed by atoms with Gasteiger partial charge in [-0.05, 0) is 68.5 Å². The van der Waals surface area contributed by atoms with E-state index in [1.807, 2.05) is 13.8 Å². The lowest BCUT2D eigenvalue weighted by Crippen LogP contribution is -2.35. The van der Waals surface area contributed by atoms with E-state index >= 15 is 0 Å². The molecular weight excluding hydrogens is 580 g/mol. The molecule has 0 aromatic heterocycles. The van der Waals surface area contributed by atoms with Gasteiger partial charge in [0.1, 0.15) is 5.69 Å². The quantitative estimate of drug-likeness (QED) is 0.220. The van der Waals surface area contributed by atoms with Crippen molar-refractivity contribution in [3.8, 4) is 0 Å². The van der Waals surface area contributed by atoms with Crippen LogP contribution in [0.1, 0.15) is 26.7 Å². The number of sulfonamides is 2. The molecule has 14 heteroatoms. The Morgan fingerprint density at radius 2 is 1.14 bits per heavy atom. The second-order valence-electron chi connectivity index (χ2n) is 10.7. The van der Waals surface area contributed by atoms with Gasteiger partial charge < -0.3 is 9.80 Å². The van der Waals surface area contributed by atoms with Gasteiger partial charge in [0.2, 0.25) is 20.0 Å². The molecule has 0 radical (unpaired) electrons. The number of likely N-dealkylation sites (N-methyl/N-ethyl adjacent to an activating group) is 2. The summed E-state index contributed by atoms with van der Waals surface area (Å²) in [5.41, 5.74) is 2.31. The SMILES string of the molecule is CCN1CCCN(S(=O)(=O)c2ccc3c(NO)c4ccc(S(=O)(=O)N5CCCN(CC)CC5)cc4c(N=O)c3c2)CC1. The molecule has 12 nitrogen and oxygen atoms in total. The number of hydrogen-bond donors (Lipinski definition) is 2. The summed E-state index contributed by atoms with van der Waals surface area (Å²) >= 11 is 0. The number of benzene rings is 3. The maximum Gasteiger partial charge on any atom is 0.243 e. The molecule has 0 saturated carbocycles. The van der Waals surface area contributed by atoms with Crippen molar-refractivity contribution in [1.29, 1.82) is 0 Å². The van der Waals surface area contributed by atoms with E-state index in [4.69, 9.17) is 0 Å². The minimum atomic E-state index is -3.89. The van der Waals surface area contributed by atoms with Crippen LogP contribution in [0, 0.1) is 4.91 Å². The number of rotatable bonds is 8. The van der Waals surface area contributed by atoms with Crippen molar-refractivity contribution in [3.05, 3.63) is 41.3 Å². The van der Waals surface area contributed by atoms with Gasteiger partial charge in [0.15, 0.2) is 0 Å². The largest absolute Gasteiger partial charge is 0.302 e. The van der Waals surface area contributed by atoms with E-state index in [-0.39, 0.29) is 31.9 Å². The molecule has 0 bridgehead atoms. The van der Waals surface area contributed by atoms with Gasteiger partial charge in [0, 0.05) is 60.8 Å². The number of nitrogens with one attached hydrogen (secondary N) is 1. The molecule has 0 aliphatic carbocycles. The lowest BCUT2D eigenvalue weighted by atomic mass is 9.99. The zero-order valence-corrected chi connectivity index (χ0v) is 25.6. The first kappa shape index (κ1) is 30.7. The smallest absolute Gasteiger partial charge is 0.243 e. The molecule has 0 atom stereocenters. The van der Waals surface area contributed by atoms with Gasteiger partial charge in [-0.1, -0.05) is 26.0 Å². The van der Waals surface area contributed by atoms with Crippen LogP contribution < -0.4 is 5.48 Å². The highest BCUT2D eigenvalue weighted by Gasteiger charge is 2.30. The van der Waals surface area contributed by atoms with Crippen LogP contribution in [0.5, 0.6) is 0 Å². The van der Waals surface area contributed by atoms with Crippen molar-refractivity contribution in [2.75, 3.05) is 70.9 Å². The van der Waals surface area contributed by atoms with Gasteiger partial charge in [0.25, 0.3) is 0 Å². The molecule has 2 fully saturated rings. The third-order valence-corrected chi connectivity index (χ3v) is 12.3. The highest BCUT2D eigenvalue weighted by atomic mass is 32.2. The number of nitrogens with zero attached hydrogens (tertiary/aromatic N) is 5. The van der Waals surface area contributed by atoms with Crippen molar-refractivity contribution in [2.45, 2.75) is 36.5 Å². The molecule has 0 unspecified atom stereocenters. The average molecular weight is 619 g/mol. The summed E-state index contributed by atoms with van der Waals surface area (Å²) in [7, 11) is -7.78. The van der Waals surface area contributed by atoms with E-state index in [0.717, 1.165) is 26.2 Å². The van der Waals surface area contributed by atoms with E-state index in [1.165, 1.54) is 45.0 Å². The van der Waals surface area contributed by atoms with Crippen LogP contribution in [0.25, 0.3) is 21.5 Å². The Morgan fingerprint density at radius 3 is 1.52 bits per heavy atom. The summed E-state index contributed by atoms with van der Waals surface area (Å²) in [5, 5.41) is 14.5. The Labute approximate surface area is 246 Å². The summed E-state index contributed by atoms with van der Waals surface area (Å²) in [6.07, 6.45) is 1.41. The van der Waals surface area contributed by atoms with Crippen molar-refractivity contribution < 1.29 is 22.0 Å². The minimum Gasteiger partial charge on any atom is -0.302 e. The first-order chi connectivity index (χ1) is 20.1. The monoisotopic (exact) mass is 618 g/mol. The summed E-state index contributed by atoms with van der Waals surface area (Å²) in [6.45, 7) is 10.1. The van der Waals surface area contributed by atoms with E-state index in [9.17, 15) is 26.9 Å². The third kappa shape index (κ3) is 5.64. The van der Waals surface area contributed by atoms with E-state index in [2.05, 4.69) is 20.5 Å². The Kier molecular flexibility index (Phi) is 9.13. The van der Waals surface area contributed by atoms with E-state index in [0.29, 0.717) is 62.9 Å². The zero-order valence-electron chi connectivity index (χ0n) is 24.0. The summed E-state index contributed by atoms with van der Waals surface area (Å²) in [6, 6.07) is 8.76. The fraction of sp³-hybridized carbons (Fsp3) is 0.500. The molecular formula is C28H38N6O6S2. The zero-order chi connectivity index (χ0) is 30.1. The number of nitroso groups, excluding NO2 is 1. The molecule has 2 heterocycles. The maximum atomic E-state index is 13.7. The van der Waals surface area contributed by atoms with Crippen molar-refractivity contribution in [3.63, 3.8) is 0 Å². The van der Waals surface area contributed by atoms with E-state index in [1.54, 1.807) is 0 Å². The minimum absolute atomic E-state index is 0.00177. The molecule has 2 saturated heterocycles. The van der Waals surface area contributed by atoms with Gasteiger partial charge in [-0.3, -0.25) is 10.7 Å². The number of fused-ring (bicyclic) bond motifs is 2. The predicted molar refractivity (Wildman–Crippen MR) is 163 cm³/mol. The molecule has 42 heavy (non-hydrogen) atoms. The van der Waals surface area contributed by atoms with Gasteiger partial charge in [0.05, 0.1) is 15.5 Å². The van der Waals surface area contributed by atoms with Crippen LogP contribution >= 0.6 is 0 Å². The van der Waals surface area contributed by atoms with Crippen molar-refractivity contribution in [1.82, 2.24) is 18.4 Å². The number of anilines is 1. The third-order valence-electron chi connectivity index (χ3n) is 8.50. The van der Waals surface area contributed by atoms with E-state index < -0.39 is 20.0 Å². The second-order valence-corrected chi connectivity index (χ2v) is 14.6. The normalized spacial score (nSPS) is 19.1. The van der Waals surface area contributed by atoms with Gasteiger partial charge in [-0.2, -0.15) is 8.61 Å². The van der Waals surface area contributed by atoms with Crippen LogP contribution in [-0.2, 0) is 20.0 Å². The standard InChI is InChI=1S/C28H38N6O6S2/c1-3-31-11-5-13-33(17-15-31)41(37,38)21-7-9-23-25(19-21)28(30-36)26-20-22(8-10-24(26)27(23)29-35)42(39,40)34-14-6-12-32(4-2)16-18-34/h7-10,19-20,29,35H,3-6,11-18H2,1-2H3. The van der Waals surface area contributed by atoms with Crippen LogP contribution in [0.15, 0.2) is 51.4 Å². The molecule has 0 amide bonds. The lowest BCUT2D eigenvalue weighted by molar-refractivity contribution is 0.302. The molecule has 3 aromatic rings. The lowest BCUT2D eigenvalue weighted by Gasteiger charge is -2.22. The fourth-order valence-corrected chi connectivity index (χ4v) is 9.00. The first-order valence-corrected chi connectivity index (χ1v) is 17.3. The highest BCUT2D eigenvalue weighted by Crippen LogP contribution is 2.43. The fourth-order valence-electron chi connectivity index (χ4n) is 6.01. The molecule has 5 rings (SSSR count). The topological polar surface area (TPSA) is 143 Å². The summed E-state index contributed by atoms with van der Waals surface area (Å²) < 4.78 is 57.6. The van der Waals surface area contributed by atoms with Crippen LogP contribution in [0.2, 0.25) is 0 Å².